The number of carbonyl (C=O) groups is 1. The fourth-order valence-electron chi connectivity index (χ4n) is 5.22. The van der Waals surface area contributed by atoms with Crippen LogP contribution in [0.3, 0.4) is 0 Å². The van der Waals surface area contributed by atoms with Gasteiger partial charge in [0.2, 0.25) is 5.91 Å². The van der Waals surface area contributed by atoms with E-state index < -0.39 is 0 Å². The zero-order chi connectivity index (χ0) is 24.3. The number of thioether (sulfide) groups is 1. The Balaban J connectivity index is 1.19. The van der Waals surface area contributed by atoms with Gasteiger partial charge in [0.05, 0.1) is 24.5 Å². The zero-order valence-electron chi connectivity index (χ0n) is 20.2. The minimum atomic E-state index is -0.0659. The highest BCUT2D eigenvalue weighted by molar-refractivity contribution is 7.99. The molecule has 1 aliphatic carbocycles. The molecule has 4 aromatic rings. The lowest BCUT2D eigenvalue weighted by atomic mass is 9.88. The average Bonchev–Trinajstić information content (AvgIpc) is 3.37. The zero-order valence-corrected chi connectivity index (χ0v) is 21.0. The molecule has 2 aromatic heterocycles. The first kappa shape index (κ1) is 23.2. The van der Waals surface area contributed by atoms with Crippen LogP contribution in [0, 0.1) is 0 Å². The monoisotopic (exact) mass is 502 g/mol. The summed E-state index contributed by atoms with van der Waals surface area (Å²) in [5.74, 6) is 1.60. The molecule has 1 saturated carbocycles. The number of para-hydroxylation sites is 1. The third kappa shape index (κ3) is 4.77. The largest absolute Gasteiger partial charge is 0.378 e. The smallest absolute Gasteiger partial charge is 0.234 e. The standard InChI is InChI=1S/C27H30N6O2S/c34-24(28-20-10-12-21(13-11-20)32-14-16-35-17-15-32)18-36-27-31-30-26-22-8-4-5-9-23(22)29-25(33(26)27)19-6-2-1-3-7-19/h4-5,8-13,19H,1-3,6-7,14-18H2,(H,28,34). The number of benzene rings is 2. The quantitative estimate of drug-likeness (QED) is 0.376. The van der Waals surface area contributed by atoms with Crippen LogP contribution < -0.4 is 10.2 Å². The van der Waals surface area contributed by atoms with Crippen LogP contribution in [0.4, 0.5) is 11.4 Å². The number of hydrogen-bond donors (Lipinski definition) is 1. The van der Waals surface area contributed by atoms with Gasteiger partial charge in [-0.25, -0.2) is 4.98 Å². The molecule has 1 N–H and O–H groups in total. The summed E-state index contributed by atoms with van der Waals surface area (Å²) in [5.41, 5.74) is 3.71. The summed E-state index contributed by atoms with van der Waals surface area (Å²) in [6.07, 6.45) is 5.98. The van der Waals surface area contributed by atoms with E-state index in [1.165, 1.54) is 31.0 Å². The van der Waals surface area contributed by atoms with E-state index in [9.17, 15) is 4.79 Å². The molecule has 0 radical (unpaired) electrons. The molecule has 6 rings (SSSR count). The Labute approximate surface area is 214 Å². The van der Waals surface area contributed by atoms with Crippen LogP contribution in [-0.2, 0) is 9.53 Å². The molecule has 1 saturated heterocycles. The first-order valence-corrected chi connectivity index (χ1v) is 13.7. The van der Waals surface area contributed by atoms with Crippen molar-refractivity contribution < 1.29 is 9.53 Å². The average molecular weight is 503 g/mol. The topological polar surface area (TPSA) is 84.7 Å². The Bertz CT molecular complexity index is 1360. The number of amides is 1. The van der Waals surface area contributed by atoms with E-state index >= 15 is 0 Å². The van der Waals surface area contributed by atoms with Crippen LogP contribution in [0.2, 0.25) is 0 Å². The Morgan fingerprint density at radius 1 is 1.00 bits per heavy atom. The van der Waals surface area contributed by atoms with Crippen molar-refractivity contribution in [2.75, 3.05) is 42.3 Å². The van der Waals surface area contributed by atoms with Crippen LogP contribution in [0.25, 0.3) is 16.6 Å². The van der Waals surface area contributed by atoms with Gasteiger partial charge in [-0.15, -0.1) is 10.2 Å². The Hall–Kier alpha value is -3.17. The van der Waals surface area contributed by atoms with Crippen LogP contribution in [0.1, 0.15) is 43.8 Å². The second-order valence-electron chi connectivity index (χ2n) is 9.45. The van der Waals surface area contributed by atoms with Crippen molar-refractivity contribution in [2.24, 2.45) is 0 Å². The highest BCUT2D eigenvalue weighted by Gasteiger charge is 2.24. The maximum absolute atomic E-state index is 12.8. The molecule has 2 aliphatic rings. The van der Waals surface area contributed by atoms with E-state index in [2.05, 4.69) is 24.8 Å². The van der Waals surface area contributed by atoms with Crippen LogP contribution in [-0.4, -0.2) is 57.5 Å². The molecule has 3 heterocycles. The highest BCUT2D eigenvalue weighted by Crippen LogP contribution is 2.35. The number of nitrogens with zero attached hydrogens (tertiary/aromatic N) is 5. The van der Waals surface area contributed by atoms with Gasteiger partial charge in [0.25, 0.3) is 0 Å². The van der Waals surface area contributed by atoms with E-state index in [0.717, 1.165) is 78.1 Å². The van der Waals surface area contributed by atoms with Gasteiger partial charge in [0, 0.05) is 35.8 Å². The Morgan fingerprint density at radius 2 is 1.78 bits per heavy atom. The molecule has 0 bridgehead atoms. The molecule has 0 spiro atoms. The van der Waals surface area contributed by atoms with Gasteiger partial charge in [0.15, 0.2) is 10.8 Å². The molecule has 186 valence electrons. The molecular formula is C27H30N6O2S. The third-order valence-electron chi connectivity index (χ3n) is 7.07. The molecule has 36 heavy (non-hydrogen) atoms. The minimum Gasteiger partial charge on any atom is -0.378 e. The number of hydrogen-bond acceptors (Lipinski definition) is 7. The lowest BCUT2D eigenvalue weighted by Crippen LogP contribution is -2.36. The van der Waals surface area contributed by atoms with Gasteiger partial charge in [-0.1, -0.05) is 43.2 Å². The highest BCUT2D eigenvalue weighted by atomic mass is 32.2. The maximum atomic E-state index is 12.8. The first-order chi connectivity index (χ1) is 17.8. The summed E-state index contributed by atoms with van der Waals surface area (Å²) >= 11 is 1.41. The lowest BCUT2D eigenvalue weighted by Gasteiger charge is -2.28. The second kappa shape index (κ2) is 10.4. The number of nitrogens with one attached hydrogen (secondary N) is 1. The van der Waals surface area contributed by atoms with E-state index in [4.69, 9.17) is 9.72 Å². The first-order valence-electron chi connectivity index (χ1n) is 12.8. The maximum Gasteiger partial charge on any atom is 0.234 e. The van der Waals surface area contributed by atoms with Crippen molar-refractivity contribution in [1.29, 1.82) is 0 Å². The van der Waals surface area contributed by atoms with E-state index in [1.54, 1.807) is 0 Å². The van der Waals surface area contributed by atoms with Crippen LogP contribution in [0.15, 0.2) is 53.7 Å². The number of ether oxygens (including phenoxy) is 1. The molecule has 2 aromatic carbocycles. The minimum absolute atomic E-state index is 0.0659. The molecule has 1 aliphatic heterocycles. The van der Waals surface area contributed by atoms with Crippen molar-refractivity contribution in [3.63, 3.8) is 0 Å². The van der Waals surface area contributed by atoms with Gasteiger partial charge in [0.1, 0.15) is 5.82 Å². The molecule has 8 nitrogen and oxygen atoms in total. The van der Waals surface area contributed by atoms with Gasteiger partial charge in [-0.05, 0) is 49.2 Å². The fourth-order valence-corrected chi connectivity index (χ4v) is 5.96. The molecule has 1 amide bonds. The predicted molar refractivity (Wildman–Crippen MR) is 143 cm³/mol. The number of morpholine rings is 1. The molecule has 0 unspecified atom stereocenters. The summed E-state index contributed by atoms with van der Waals surface area (Å²) in [7, 11) is 0. The normalized spacial score (nSPS) is 17.1. The summed E-state index contributed by atoms with van der Waals surface area (Å²) < 4.78 is 7.52. The van der Waals surface area contributed by atoms with Crippen LogP contribution >= 0.6 is 11.8 Å². The van der Waals surface area contributed by atoms with Gasteiger partial charge < -0.3 is 15.0 Å². The van der Waals surface area contributed by atoms with E-state index in [0.29, 0.717) is 5.92 Å². The molecule has 0 atom stereocenters. The second-order valence-corrected chi connectivity index (χ2v) is 10.4. The van der Waals surface area contributed by atoms with E-state index in [1.807, 2.05) is 48.5 Å². The number of anilines is 2. The fraction of sp³-hybridized carbons (Fsp3) is 0.407. The predicted octanol–water partition coefficient (Wildman–Crippen LogP) is 4.89. The van der Waals surface area contributed by atoms with Crippen molar-refractivity contribution in [1.82, 2.24) is 19.6 Å². The SMILES string of the molecule is O=C(CSc1nnc2c3ccccc3nc(C3CCCCC3)n12)Nc1ccc(N2CCOCC2)cc1. The molecular weight excluding hydrogens is 472 g/mol. The summed E-state index contributed by atoms with van der Waals surface area (Å²) in [4.78, 5) is 20.2. The van der Waals surface area contributed by atoms with E-state index in [-0.39, 0.29) is 11.7 Å². The summed E-state index contributed by atoms with van der Waals surface area (Å²) in [5, 5.41) is 13.7. The van der Waals surface area contributed by atoms with Crippen LogP contribution in [0.5, 0.6) is 0 Å². The number of rotatable bonds is 6. The third-order valence-corrected chi connectivity index (χ3v) is 8.00. The van der Waals surface area contributed by atoms with Gasteiger partial charge >= 0.3 is 0 Å². The van der Waals surface area contributed by atoms with Crippen molar-refractivity contribution in [3.05, 3.63) is 54.4 Å². The molecule has 2 fully saturated rings. The Morgan fingerprint density at radius 3 is 2.58 bits per heavy atom. The Kier molecular flexibility index (Phi) is 6.74. The van der Waals surface area contributed by atoms with Gasteiger partial charge in [-0.3, -0.25) is 9.20 Å². The lowest BCUT2D eigenvalue weighted by molar-refractivity contribution is -0.113. The summed E-state index contributed by atoms with van der Waals surface area (Å²) in [6, 6.07) is 16.1. The van der Waals surface area contributed by atoms with Crippen molar-refractivity contribution in [3.8, 4) is 0 Å². The summed E-state index contributed by atoms with van der Waals surface area (Å²) in [6.45, 7) is 3.28. The van der Waals surface area contributed by atoms with Crippen molar-refractivity contribution in [2.45, 2.75) is 43.2 Å². The number of carbonyl (C=O) groups excluding carboxylic acids is 1. The van der Waals surface area contributed by atoms with Gasteiger partial charge in [-0.2, -0.15) is 0 Å². The molecule has 9 heteroatoms. The number of aromatic nitrogens is 4. The number of fused-ring (bicyclic) bond motifs is 3. The van der Waals surface area contributed by atoms with Crippen molar-refractivity contribution >= 4 is 45.6 Å².